The smallest absolute Gasteiger partial charge is 0.379 e. The van der Waals surface area contributed by atoms with Crippen molar-refractivity contribution in [1.82, 2.24) is 20.2 Å². The van der Waals surface area contributed by atoms with E-state index < -0.39 is 11.7 Å². The molecule has 41 heavy (non-hydrogen) atoms. The van der Waals surface area contributed by atoms with Crippen molar-refractivity contribution in [2.75, 3.05) is 69.4 Å². The van der Waals surface area contributed by atoms with Gasteiger partial charge in [0.05, 0.1) is 23.3 Å². The van der Waals surface area contributed by atoms with E-state index in [0.717, 1.165) is 31.9 Å². The average molecular weight is 597 g/mol. The number of anilines is 2. The van der Waals surface area contributed by atoms with E-state index in [1.54, 1.807) is 13.2 Å². The van der Waals surface area contributed by atoms with Crippen LogP contribution >= 0.6 is 11.6 Å². The van der Waals surface area contributed by atoms with Crippen LogP contribution in [0.15, 0.2) is 24.5 Å². The first-order valence-electron chi connectivity index (χ1n) is 14.0. The van der Waals surface area contributed by atoms with Crippen molar-refractivity contribution in [3.05, 3.63) is 46.4 Å². The molecule has 0 radical (unpaired) electrons. The number of carbonyl (C=O) groups excluding carboxylic acids is 1. The van der Waals surface area contributed by atoms with Gasteiger partial charge in [0.1, 0.15) is 17.8 Å². The molecular formula is C28H36ClF3N6O3. The highest BCUT2D eigenvalue weighted by Crippen LogP contribution is 2.37. The maximum atomic E-state index is 13.5. The van der Waals surface area contributed by atoms with E-state index >= 15 is 0 Å². The van der Waals surface area contributed by atoms with E-state index in [0.29, 0.717) is 74.7 Å². The number of rotatable bonds is 6. The van der Waals surface area contributed by atoms with E-state index in [-0.39, 0.29) is 23.1 Å². The summed E-state index contributed by atoms with van der Waals surface area (Å²) in [6.45, 7) is 6.53. The fourth-order valence-electron chi connectivity index (χ4n) is 5.92. The Morgan fingerprint density at radius 2 is 1.78 bits per heavy atom. The molecule has 1 amide bonds. The highest BCUT2D eigenvalue weighted by Gasteiger charge is 2.35. The molecule has 1 aromatic heterocycles. The maximum Gasteiger partial charge on any atom is 0.417 e. The van der Waals surface area contributed by atoms with Crippen LogP contribution < -0.4 is 15.1 Å². The second kappa shape index (κ2) is 12.7. The molecule has 9 nitrogen and oxygen atoms in total. The Kier molecular flexibility index (Phi) is 9.22. The first kappa shape index (κ1) is 29.8. The normalized spacial score (nSPS) is 22.7. The van der Waals surface area contributed by atoms with E-state index in [1.807, 2.05) is 16.7 Å². The zero-order valence-electron chi connectivity index (χ0n) is 23.3. The molecule has 0 saturated carbocycles. The minimum atomic E-state index is -4.51. The molecule has 3 fully saturated rings. The van der Waals surface area contributed by atoms with Gasteiger partial charge < -0.3 is 29.5 Å². The summed E-state index contributed by atoms with van der Waals surface area (Å²) < 4.78 is 51.1. The molecule has 1 aromatic carbocycles. The lowest BCUT2D eigenvalue weighted by molar-refractivity contribution is -0.137. The van der Waals surface area contributed by atoms with Gasteiger partial charge in [0, 0.05) is 76.3 Å². The van der Waals surface area contributed by atoms with Gasteiger partial charge in [-0.05, 0) is 44.4 Å². The summed E-state index contributed by atoms with van der Waals surface area (Å²) in [5.41, 5.74) is 0.739. The second-order valence-corrected chi connectivity index (χ2v) is 11.2. The van der Waals surface area contributed by atoms with Crippen LogP contribution in [-0.4, -0.2) is 98.6 Å². The molecule has 13 heteroatoms. The third-order valence-corrected chi connectivity index (χ3v) is 8.63. The van der Waals surface area contributed by atoms with Crippen LogP contribution in [0.3, 0.4) is 0 Å². The lowest BCUT2D eigenvalue weighted by Gasteiger charge is -2.38. The van der Waals surface area contributed by atoms with Gasteiger partial charge in [0.2, 0.25) is 0 Å². The number of alkyl halides is 3. The van der Waals surface area contributed by atoms with Crippen molar-refractivity contribution in [1.29, 1.82) is 0 Å². The minimum absolute atomic E-state index is 0.0379. The number of ether oxygens (including phenoxy) is 2. The molecular weight excluding hydrogens is 561 g/mol. The lowest BCUT2D eigenvalue weighted by atomic mass is 9.99. The molecule has 3 aliphatic rings. The number of halogens is 4. The van der Waals surface area contributed by atoms with Crippen LogP contribution in [0, 0.1) is 6.92 Å². The first-order chi connectivity index (χ1) is 19.7. The van der Waals surface area contributed by atoms with Gasteiger partial charge in [0.15, 0.2) is 0 Å². The Labute approximate surface area is 242 Å². The molecule has 2 atom stereocenters. The van der Waals surface area contributed by atoms with Crippen LogP contribution in [0.4, 0.5) is 24.7 Å². The van der Waals surface area contributed by atoms with Gasteiger partial charge in [-0.1, -0.05) is 11.6 Å². The fourth-order valence-corrected chi connectivity index (χ4v) is 6.14. The van der Waals surface area contributed by atoms with Crippen molar-refractivity contribution < 1.29 is 27.4 Å². The largest absolute Gasteiger partial charge is 0.417 e. The van der Waals surface area contributed by atoms with Crippen LogP contribution in [0.1, 0.15) is 40.9 Å². The Hall–Kier alpha value is -2.67. The predicted octanol–water partition coefficient (Wildman–Crippen LogP) is 3.78. The Morgan fingerprint density at radius 3 is 2.46 bits per heavy atom. The van der Waals surface area contributed by atoms with E-state index in [1.165, 1.54) is 12.4 Å². The summed E-state index contributed by atoms with van der Waals surface area (Å²) in [6, 6.07) is 4.56. The van der Waals surface area contributed by atoms with Gasteiger partial charge >= 0.3 is 6.18 Å². The number of carbonyl (C=O) groups is 1. The molecule has 224 valence electrons. The number of nitrogens with zero attached hydrogens (tertiary/aromatic N) is 5. The molecule has 0 aliphatic carbocycles. The quantitative estimate of drug-likeness (QED) is 0.540. The zero-order valence-corrected chi connectivity index (χ0v) is 24.0. The number of benzene rings is 1. The number of amides is 1. The Balaban J connectivity index is 1.18. The number of hydrogen-bond acceptors (Lipinski definition) is 8. The molecule has 2 aromatic rings. The maximum absolute atomic E-state index is 13.5. The highest BCUT2D eigenvalue weighted by molar-refractivity contribution is 6.31. The van der Waals surface area contributed by atoms with Gasteiger partial charge in [-0.3, -0.25) is 4.79 Å². The van der Waals surface area contributed by atoms with Gasteiger partial charge in [-0.25, -0.2) is 9.97 Å². The number of aromatic nitrogens is 2. The summed E-state index contributed by atoms with van der Waals surface area (Å²) in [4.78, 5) is 28.1. The van der Waals surface area contributed by atoms with Gasteiger partial charge in [0.25, 0.3) is 5.91 Å². The topological polar surface area (TPSA) is 83.1 Å². The second-order valence-electron chi connectivity index (χ2n) is 10.8. The van der Waals surface area contributed by atoms with E-state index in [9.17, 15) is 18.0 Å². The summed E-state index contributed by atoms with van der Waals surface area (Å²) in [5, 5.41) is 3.40. The standard InChI is InChI=1S/C28H36ClF3N6O3/c1-18-25(27(39)38-8-5-19(6-9-38)35-23-7-14-41-16-24(23)40-2)33-17-34-26(18)37-12-10-36(11-13-37)20-3-4-22(29)21(15-20)28(30,31)32/h3-4,15,17,19,23-24,35H,5-14,16H2,1-2H3. The molecule has 5 rings (SSSR count). The monoisotopic (exact) mass is 596 g/mol. The molecule has 3 aliphatic heterocycles. The Bertz CT molecular complexity index is 1220. The van der Waals surface area contributed by atoms with Gasteiger partial charge in [-0.15, -0.1) is 0 Å². The first-order valence-corrected chi connectivity index (χ1v) is 14.4. The summed E-state index contributed by atoms with van der Waals surface area (Å²) in [7, 11) is 1.71. The van der Waals surface area contributed by atoms with E-state index in [2.05, 4.69) is 20.2 Å². The number of nitrogens with one attached hydrogen (secondary N) is 1. The third-order valence-electron chi connectivity index (χ3n) is 8.30. The molecule has 1 N–H and O–H groups in total. The van der Waals surface area contributed by atoms with Crippen molar-refractivity contribution in [3.63, 3.8) is 0 Å². The SMILES string of the molecule is COC1COCCC1NC1CCN(C(=O)c2ncnc(N3CCN(c4ccc(Cl)c(C(F)(F)F)c4)CC3)c2C)CC1. The molecule has 4 heterocycles. The van der Waals surface area contributed by atoms with Gasteiger partial charge in [-0.2, -0.15) is 13.2 Å². The molecule has 0 spiro atoms. The summed E-state index contributed by atoms with van der Waals surface area (Å²) >= 11 is 5.79. The van der Waals surface area contributed by atoms with Crippen LogP contribution in [-0.2, 0) is 15.7 Å². The lowest BCUT2D eigenvalue weighted by Crippen LogP contribution is -2.54. The molecule has 0 bridgehead atoms. The number of likely N-dealkylation sites (tertiary alicyclic amines) is 1. The number of methoxy groups -OCH3 is 1. The zero-order chi connectivity index (χ0) is 29.1. The van der Waals surface area contributed by atoms with E-state index in [4.69, 9.17) is 21.1 Å². The van der Waals surface area contributed by atoms with Crippen molar-refractivity contribution >= 4 is 29.0 Å². The number of piperazine rings is 1. The Morgan fingerprint density at radius 1 is 1.07 bits per heavy atom. The van der Waals surface area contributed by atoms with Crippen LogP contribution in [0.2, 0.25) is 5.02 Å². The number of piperidine rings is 1. The van der Waals surface area contributed by atoms with Crippen molar-refractivity contribution in [2.45, 2.75) is 50.6 Å². The molecule has 3 saturated heterocycles. The third kappa shape index (κ3) is 6.71. The predicted molar refractivity (Wildman–Crippen MR) is 150 cm³/mol. The minimum Gasteiger partial charge on any atom is -0.379 e. The summed E-state index contributed by atoms with van der Waals surface area (Å²) in [6.07, 6.45) is -0.460. The van der Waals surface area contributed by atoms with Crippen molar-refractivity contribution in [2.24, 2.45) is 0 Å². The van der Waals surface area contributed by atoms with Crippen LogP contribution in [0.5, 0.6) is 0 Å². The fraction of sp³-hybridized carbons (Fsp3) is 0.607. The highest BCUT2D eigenvalue weighted by atomic mass is 35.5. The summed E-state index contributed by atoms with van der Waals surface area (Å²) in [5.74, 6) is 0.571. The van der Waals surface area contributed by atoms with Crippen LogP contribution in [0.25, 0.3) is 0 Å². The average Bonchev–Trinajstić information content (AvgIpc) is 2.97. The molecule has 2 unspecified atom stereocenters. The number of hydrogen-bond donors (Lipinski definition) is 1. The van der Waals surface area contributed by atoms with Crippen molar-refractivity contribution in [3.8, 4) is 0 Å².